The maximum atomic E-state index is 13.4. The topological polar surface area (TPSA) is 109 Å². The van der Waals surface area contributed by atoms with Crippen LogP contribution >= 0.6 is 0 Å². The van der Waals surface area contributed by atoms with Gasteiger partial charge in [-0.1, -0.05) is 0 Å². The maximum Gasteiger partial charge on any atom is 0.262 e. The minimum atomic E-state index is -3.83. The number of hydrogen-bond donors (Lipinski definition) is 1. The molecule has 2 aliphatic rings. The number of sulfonamides is 1. The van der Waals surface area contributed by atoms with Gasteiger partial charge in [0.15, 0.2) is 6.61 Å². The predicted octanol–water partition coefficient (Wildman–Crippen LogP) is 1.98. The number of carbonyl (C=O) groups is 2. The van der Waals surface area contributed by atoms with Gasteiger partial charge in [0.25, 0.3) is 5.91 Å². The number of amides is 2. The first-order valence-corrected chi connectivity index (χ1v) is 11.5. The van der Waals surface area contributed by atoms with Crippen LogP contribution in [0.2, 0.25) is 0 Å². The highest BCUT2D eigenvalue weighted by molar-refractivity contribution is 7.89. The van der Waals surface area contributed by atoms with Crippen LogP contribution in [0.4, 0.5) is 5.69 Å². The van der Waals surface area contributed by atoms with E-state index >= 15 is 0 Å². The Kier molecular flexibility index (Phi) is 5.76. The van der Waals surface area contributed by atoms with Gasteiger partial charge in [-0.2, -0.15) is 4.31 Å². The Labute approximate surface area is 181 Å². The van der Waals surface area contributed by atoms with Crippen LogP contribution in [0.25, 0.3) is 0 Å². The Bertz CT molecular complexity index is 1100. The first-order valence-electron chi connectivity index (χ1n) is 10.1. The number of fused-ring (bicyclic) bond motifs is 1. The molecule has 0 saturated carbocycles. The molecule has 1 saturated heterocycles. The van der Waals surface area contributed by atoms with Crippen molar-refractivity contribution in [3.8, 4) is 5.75 Å². The molecule has 2 amide bonds. The summed E-state index contributed by atoms with van der Waals surface area (Å²) in [7, 11) is -2.14. The van der Waals surface area contributed by atoms with Crippen LogP contribution in [0, 0.1) is 12.8 Å². The van der Waals surface area contributed by atoms with Crippen molar-refractivity contribution in [2.45, 2.75) is 31.2 Å². The first kappa shape index (κ1) is 21.4. The third kappa shape index (κ3) is 4.31. The van der Waals surface area contributed by atoms with Gasteiger partial charge in [-0.15, -0.1) is 0 Å². The average molecular weight is 448 g/mol. The van der Waals surface area contributed by atoms with E-state index in [0.29, 0.717) is 48.7 Å². The summed E-state index contributed by atoms with van der Waals surface area (Å²) in [5.41, 5.74) is 0.965. The number of anilines is 1. The standard InChI is InChI=1S/C21H25N3O6S/c1-14-9-17-18(30-13-20(25)22-17)10-19(14)31(27,28)24-7-3-5-15(11-24)21(26)23(2)12-16-6-4-8-29-16/h4,6,8-10,15H,3,5,7,11-13H2,1-2H3,(H,22,25)/t15-/m1/s1. The molecule has 2 aromatic rings. The molecule has 3 heterocycles. The van der Waals surface area contributed by atoms with Crippen LogP contribution in [0.3, 0.4) is 0 Å². The van der Waals surface area contributed by atoms with Crippen LogP contribution in [0.1, 0.15) is 24.2 Å². The van der Waals surface area contributed by atoms with Gasteiger partial charge in [-0.3, -0.25) is 9.59 Å². The minimum Gasteiger partial charge on any atom is -0.482 e. The van der Waals surface area contributed by atoms with Gasteiger partial charge in [-0.05, 0) is 43.5 Å². The lowest BCUT2D eigenvalue weighted by molar-refractivity contribution is -0.136. The molecule has 2 aliphatic heterocycles. The number of furan rings is 1. The third-order valence-electron chi connectivity index (χ3n) is 5.61. The van der Waals surface area contributed by atoms with Crippen LogP contribution in [-0.4, -0.2) is 56.2 Å². The number of nitrogens with zero attached hydrogens (tertiary/aromatic N) is 2. The van der Waals surface area contributed by atoms with Gasteiger partial charge >= 0.3 is 0 Å². The fourth-order valence-corrected chi connectivity index (χ4v) is 5.77. The van der Waals surface area contributed by atoms with Crippen molar-refractivity contribution >= 4 is 27.5 Å². The highest BCUT2D eigenvalue weighted by atomic mass is 32.2. The van der Waals surface area contributed by atoms with E-state index in [0.717, 1.165) is 0 Å². The summed E-state index contributed by atoms with van der Waals surface area (Å²) < 4.78 is 38.9. The van der Waals surface area contributed by atoms with Crippen molar-refractivity contribution in [3.05, 3.63) is 41.9 Å². The number of rotatable bonds is 5. The van der Waals surface area contributed by atoms with E-state index in [-0.39, 0.29) is 29.9 Å². The van der Waals surface area contributed by atoms with E-state index < -0.39 is 15.9 Å². The van der Waals surface area contributed by atoms with Gasteiger partial charge in [0.1, 0.15) is 11.5 Å². The molecule has 4 rings (SSSR count). The van der Waals surface area contributed by atoms with Gasteiger partial charge in [0.05, 0.1) is 29.3 Å². The zero-order valence-corrected chi connectivity index (χ0v) is 18.3. The summed E-state index contributed by atoms with van der Waals surface area (Å²) in [6, 6.07) is 6.61. The molecular weight excluding hydrogens is 422 g/mol. The van der Waals surface area contributed by atoms with E-state index in [4.69, 9.17) is 9.15 Å². The molecule has 0 aliphatic carbocycles. The summed E-state index contributed by atoms with van der Waals surface area (Å²) in [5, 5.41) is 2.68. The molecule has 0 spiro atoms. The van der Waals surface area contributed by atoms with Crippen LogP contribution in [0.15, 0.2) is 39.8 Å². The van der Waals surface area contributed by atoms with Crippen LogP contribution in [0.5, 0.6) is 5.75 Å². The quantitative estimate of drug-likeness (QED) is 0.751. The van der Waals surface area contributed by atoms with Gasteiger partial charge in [0, 0.05) is 26.2 Å². The van der Waals surface area contributed by atoms with Crippen LogP contribution in [-0.2, 0) is 26.2 Å². The van der Waals surface area contributed by atoms with Gasteiger partial charge < -0.3 is 19.4 Å². The van der Waals surface area contributed by atoms with Crippen molar-refractivity contribution in [3.63, 3.8) is 0 Å². The minimum absolute atomic E-state index is 0.107. The molecule has 1 aromatic carbocycles. The lowest BCUT2D eigenvalue weighted by Crippen LogP contribution is -2.45. The number of nitrogens with one attached hydrogen (secondary N) is 1. The molecule has 10 heteroatoms. The fraction of sp³-hybridized carbons (Fsp3) is 0.429. The maximum absolute atomic E-state index is 13.4. The zero-order chi connectivity index (χ0) is 22.2. The molecule has 0 radical (unpaired) electrons. The summed E-state index contributed by atoms with van der Waals surface area (Å²) in [6.07, 6.45) is 2.78. The van der Waals surface area contributed by atoms with Crippen molar-refractivity contribution in [2.75, 3.05) is 32.1 Å². The molecule has 166 valence electrons. The number of piperidine rings is 1. The van der Waals surface area contributed by atoms with Crippen molar-refractivity contribution in [1.29, 1.82) is 0 Å². The molecule has 1 aromatic heterocycles. The van der Waals surface area contributed by atoms with Gasteiger partial charge in [-0.25, -0.2) is 8.42 Å². The third-order valence-corrected chi connectivity index (χ3v) is 7.62. The van der Waals surface area contributed by atoms with Crippen molar-refractivity contribution in [1.82, 2.24) is 9.21 Å². The Morgan fingerprint density at radius 3 is 2.90 bits per heavy atom. The largest absolute Gasteiger partial charge is 0.482 e. The second kappa shape index (κ2) is 8.35. The second-order valence-corrected chi connectivity index (χ2v) is 9.83. The number of carbonyl (C=O) groups excluding carboxylic acids is 2. The summed E-state index contributed by atoms with van der Waals surface area (Å²) in [6.45, 7) is 2.33. The second-order valence-electron chi connectivity index (χ2n) is 7.93. The molecule has 31 heavy (non-hydrogen) atoms. The molecule has 1 fully saturated rings. The van der Waals surface area contributed by atoms with E-state index in [1.165, 1.54) is 10.4 Å². The summed E-state index contributed by atoms with van der Waals surface area (Å²) >= 11 is 0. The predicted molar refractivity (Wildman–Crippen MR) is 112 cm³/mol. The zero-order valence-electron chi connectivity index (χ0n) is 17.5. The Balaban J connectivity index is 1.52. The summed E-state index contributed by atoms with van der Waals surface area (Å²) in [5.74, 6) is 0.194. The summed E-state index contributed by atoms with van der Waals surface area (Å²) in [4.78, 5) is 26.1. The number of ether oxygens (including phenoxy) is 1. The van der Waals surface area contributed by atoms with Crippen molar-refractivity contribution in [2.24, 2.45) is 5.92 Å². The van der Waals surface area contributed by atoms with Crippen molar-refractivity contribution < 1.29 is 27.2 Å². The highest BCUT2D eigenvalue weighted by Gasteiger charge is 2.36. The monoisotopic (exact) mass is 447 g/mol. The molecular formula is C21H25N3O6S. The lowest BCUT2D eigenvalue weighted by Gasteiger charge is -2.33. The number of hydrogen-bond acceptors (Lipinski definition) is 6. The number of aryl methyl sites for hydroxylation is 1. The normalized spacial score (nSPS) is 19.3. The molecule has 1 atom stereocenters. The van der Waals surface area contributed by atoms with Crippen LogP contribution < -0.4 is 10.1 Å². The number of benzene rings is 1. The molecule has 0 bridgehead atoms. The Morgan fingerprint density at radius 2 is 2.16 bits per heavy atom. The average Bonchev–Trinajstić information content (AvgIpc) is 3.25. The van der Waals surface area contributed by atoms with E-state index in [2.05, 4.69) is 5.32 Å². The lowest BCUT2D eigenvalue weighted by atomic mass is 9.98. The smallest absolute Gasteiger partial charge is 0.262 e. The fourth-order valence-electron chi connectivity index (χ4n) is 4.02. The Hall–Kier alpha value is -2.85. The Morgan fingerprint density at radius 1 is 1.35 bits per heavy atom. The van der Waals surface area contributed by atoms with E-state index in [1.807, 2.05) is 0 Å². The highest BCUT2D eigenvalue weighted by Crippen LogP contribution is 2.35. The van der Waals surface area contributed by atoms with E-state index in [9.17, 15) is 18.0 Å². The molecule has 9 nitrogen and oxygen atoms in total. The van der Waals surface area contributed by atoms with E-state index in [1.54, 1.807) is 43.3 Å². The van der Waals surface area contributed by atoms with Gasteiger partial charge in [0.2, 0.25) is 15.9 Å². The molecule has 0 unspecified atom stereocenters. The SMILES string of the molecule is Cc1cc2c(cc1S(=O)(=O)N1CCC[C@@H](C(=O)N(C)Cc3ccco3)C1)OCC(=O)N2. The molecule has 1 N–H and O–H groups in total. The first-order chi connectivity index (χ1) is 14.8.